The molecule has 1 saturated heterocycles. The quantitative estimate of drug-likeness (QED) is 0.736. The zero-order valence-corrected chi connectivity index (χ0v) is 18.0. The average Bonchev–Trinajstić information content (AvgIpc) is 3.18. The van der Waals surface area contributed by atoms with E-state index in [2.05, 4.69) is 70.3 Å². The van der Waals surface area contributed by atoms with E-state index < -0.39 is 0 Å². The highest BCUT2D eigenvalue weighted by molar-refractivity contribution is 5.78. The zero-order valence-electron chi connectivity index (χ0n) is 18.0. The normalized spacial score (nSPS) is 16.9. The van der Waals surface area contributed by atoms with Crippen LogP contribution in [0.3, 0.4) is 0 Å². The Bertz CT molecular complexity index is 779. The fourth-order valence-corrected chi connectivity index (χ4v) is 3.48. The van der Waals surface area contributed by atoms with E-state index in [1.54, 1.807) is 0 Å². The topological polar surface area (TPSA) is 74.5 Å². The lowest BCUT2D eigenvalue weighted by atomic mass is 10.1. The maximum atomic E-state index is 12.5. The Morgan fingerprint density at radius 1 is 1.10 bits per heavy atom. The summed E-state index contributed by atoms with van der Waals surface area (Å²) in [6.07, 6.45) is 1.03. The molecule has 0 bridgehead atoms. The first-order valence-corrected chi connectivity index (χ1v) is 10.6. The number of aryl methyl sites for hydroxylation is 1. The van der Waals surface area contributed by atoms with Gasteiger partial charge in [-0.15, -0.1) is 0 Å². The molecule has 2 aromatic rings. The van der Waals surface area contributed by atoms with Gasteiger partial charge in [-0.2, -0.15) is 4.98 Å². The molecule has 1 amide bonds. The smallest absolute Gasteiger partial charge is 0.240 e. The summed E-state index contributed by atoms with van der Waals surface area (Å²) in [6, 6.07) is 8.48. The highest BCUT2D eigenvalue weighted by Crippen LogP contribution is 2.15. The van der Waals surface area contributed by atoms with Gasteiger partial charge in [0.15, 0.2) is 5.82 Å². The number of carbonyl (C=O) groups excluding carboxylic acids is 1. The van der Waals surface area contributed by atoms with Crippen LogP contribution in [0, 0.1) is 0 Å². The lowest BCUT2D eigenvalue weighted by Gasteiger charge is -2.33. The van der Waals surface area contributed by atoms with Crippen LogP contribution in [0.5, 0.6) is 0 Å². The summed E-state index contributed by atoms with van der Waals surface area (Å²) in [5.74, 6) is 1.77. The van der Waals surface area contributed by atoms with Gasteiger partial charge in [-0.25, -0.2) is 0 Å². The second-order valence-electron chi connectivity index (χ2n) is 8.14. The summed E-state index contributed by atoms with van der Waals surface area (Å²) in [7, 11) is 0. The van der Waals surface area contributed by atoms with Gasteiger partial charge in [0.05, 0.1) is 19.1 Å². The predicted octanol–water partition coefficient (Wildman–Crippen LogP) is 2.75. The lowest BCUT2D eigenvalue weighted by Crippen LogP contribution is -2.49. The number of amides is 1. The Kier molecular flexibility index (Phi) is 7.39. The van der Waals surface area contributed by atoms with Gasteiger partial charge in [-0.05, 0) is 24.5 Å². The number of benzene rings is 1. The number of rotatable bonds is 8. The predicted molar refractivity (Wildman–Crippen MR) is 112 cm³/mol. The maximum Gasteiger partial charge on any atom is 0.240 e. The third-order valence-corrected chi connectivity index (χ3v) is 5.46. The van der Waals surface area contributed by atoms with Crippen LogP contribution in [0.2, 0.25) is 0 Å². The van der Waals surface area contributed by atoms with Crippen molar-refractivity contribution in [2.75, 3.05) is 32.7 Å². The van der Waals surface area contributed by atoms with Crippen LogP contribution < -0.4 is 5.32 Å². The van der Waals surface area contributed by atoms with Crippen molar-refractivity contribution in [3.63, 3.8) is 0 Å². The van der Waals surface area contributed by atoms with Gasteiger partial charge in [0.2, 0.25) is 11.8 Å². The van der Waals surface area contributed by atoms with Gasteiger partial charge in [0, 0.05) is 32.1 Å². The van der Waals surface area contributed by atoms with Gasteiger partial charge < -0.3 is 9.84 Å². The van der Waals surface area contributed by atoms with Crippen molar-refractivity contribution in [3.05, 3.63) is 47.1 Å². The van der Waals surface area contributed by atoms with E-state index >= 15 is 0 Å². The van der Waals surface area contributed by atoms with Gasteiger partial charge in [0.25, 0.3) is 0 Å². The molecule has 1 unspecified atom stereocenters. The molecule has 29 heavy (non-hydrogen) atoms. The Morgan fingerprint density at radius 2 is 1.76 bits per heavy atom. The van der Waals surface area contributed by atoms with Gasteiger partial charge in [-0.3, -0.25) is 14.6 Å². The van der Waals surface area contributed by atoms with Crippen LogP contribution in [-0.4, -0.2) is 58.6 Å². The minimum absolute atomic E-state index is 0.0161. The first-order valence-electron chi connectivity index (χ1n) is 10.6. The number of aromatic nitrogens is 2. The van der Waals surface area contributed by atoms with Crippen molar-refractivity contribution in [2.45, 2.75) is 52.6 Å². The minimum Gasteiger partial charge on any atom is -0.348 e. The number of carbonyl (C=O) groups is 1. The number of nitrogens with one attached hydrogen (secondary N) is 1. The summed E-state index contributed by atoms with van der Waals surface area (Å²) < 4.78 is 5.34. The SMILES string of the molecule is CCc1ccc(C(C)NC(=O)CN2CCN(Cc3nc(C(C)C)no3)CC2)cc1. The molecule has 1 atom stereocenters. The van der Waals surface area contributed by atoms with Crippen LogP contribution >= 0.6 is 0 Å². The fraction of sp³-hybridized carbons (Fsp3) is 0.591. The molecule has 1 N–H and O–H groups in total. The summed E-state index contributed by atoms with van der Waals surface area (Å²) >= 11 is 0. The summed E-state index contributed by atoms with van der Waals surface area (Å²) in [6.45, 7) is 12.9. The van der Waals surface area contributed by atoms with Crippen LogP contribution in [0.4, 0.5) is 0 Å². The molecule has 2 heterocycles. The molecule has 0 spiro atoms. The van der Waals surface area contributed by atoms with Gasteiger partial charge in [-0.1, -0.05) is 50.2 Å². The highest BCUT2D eigenvalue weighted by Gasteiger charge is 2.21. The second-order valence-corrected chi connectivity index (χ2v) is 8.14. The van der Waals surface area contributed by atoms with E-state index in [4.69, 9.17) is 4.52 Å². The van der Waals surface area contributed by atoms with E-state index in [0.717, 1.165) is 44.0 Å². The molecule has 158 valence electrons. The molecule has 1 aromatic carbocycles. The van der Waals surface area contributed by atoms with Crippen molar-refractivity contribution in [3.8, 4) is 0 Å². The molecule has 1 fully saturated rings. The third kappa shape index (κ3) is 6.11. The molecule has 3 rings (SSSR count). The maximum absolute atomic E-state index is 12.5. The molecule has 1 aliphatic rings. The standard InChI is InChI=1S/C22H33N5O2/c1-5-18-6-8-19(9-7-18)17(4)23-20(28)14-26-10-12-27(13-11-26)15-21-24-22(16(2)3)25-29-21/h6-9,16-17H,5,10-15H2,1-4H3,(H,23,28). The molecule has 0 saturated carbocycles. The number of piperazine rings is 1. The molecular weight excluding hydrogens is 366 g/mol. The largest absolute Gasteiger partial charge is 0.348 e. The van der Waals surface area contributed by atoms with Gasteiger partial charge in [0.1, 0.15) is 0 Å². The van der Waals surface area contributed by atoms with Gasteiger partial charge >= 0.3 is 0 Å². The van der Waals surface area contributed by atoms with Crippen molar-refractivity contribution in [2.24, 2.45) is 0 Å². The van der Waals surface area contributed by atoms with E-state index in [9.17, 15) is 4.79 Å². The van der Waals surface area contributed by atoms with Crippen molar-refractivity contribution in [1.29, 1.82) is 0 Å². The van der Waals surface area contributed by atoms with E-state index in [1.807, 2.05) is 6.92 Å². The third-order valence-electron chi connectivity index (χ3n) is 5.46. The van der Waals surface area contributed by atoms with Crippen molar-refractivity contribution >= 4 is 5.91 Å². The Morgan fingerprint density at radius 3 is 2.34 bits per heavy atom. The van der Waals surface area contributed by atoms with E-state index in [0.29, 0.717) is 19.0 Å². The molecule has 0 radical (unpaired) electrons. The number of hydrogen-bond acceptors (Lipinski definition) is 6. The molecule has 7 nitrogen and oxygen atoms in total. The lowest BCUT2D eigenvalue weighted by molar-refractivity contribution is -0.123. The van der Waals surface area contributed by atoms with Crippen LogP contribution in [0.1, 0.15) is 62.5 Å². The monoisotopic (exact) mass is 399 g/mol. The van der Waals surface area contributed by atoms with E-state index in [-0.39, 0.29) is 17.9 Å². The Balaban J connectivity index is 1.40. The summed E-state index contributed by atoms with van der Waals surface area (Å²) in [4.78, 5) is 21.4. The Hall–Kier alpha value is -2.25. The van der Waals surface area contributed by atoms with Crippen LogP contribution in [0.25, 0.3) is 0 Å². The summed E-state index contributed by atoms with van der Waals surface area (Å²) in [5.41, 5.74) is 2.45. The van der Waals surface area contributed by atoms with Crippen molar-refractivity contribution in [1.82, 2.24) is 25.3 Å². The highest BCUT2D eigenvalue weighted by atomic mass is 16.5. The first kappa shape index (κ1) is 21.5. The van der Waals surface area contributed by atoms with Crippen molar-refractivity contribution < 1.29 is 9.32 Å². The number of nitrogens with zero attached hydrogens (tertiary/aromatic N) is 4. The average molecular weight is 400 g/mol. The zero-order chi connectivity index (χ0) is 20.8. The number of hydrogen-bond donors (Lipinski definition) is 1. The Labute approximate surface area is 173 Å². The second kappa shape index (κ2) is 9.98. The molecule has 0 aliphatic carbocycles. The minimum atomic E-state index is 0.0161. The van der Waals surface area contributed by atoms with Crippen LogP contribution in [-0.2, 0) is 17.8 Å². The summed E-state index contributed by atoms with van der Waals surface area (Å²) in [5, 5.41) is 7.14. The first-order chi connectivity index (χ1) is 13.9. The molecule has 1 aromatic heterocycles. The fourth-order valence-electron chi connectivity index (χ4n) is 3.48. The molecular formula is C22H33N5O2. The van der Waals surface area contributed by atoms with Crippen LogP contribution in [0.15, 0.2) is 28.8 Å². The molecule has 1 aliphatic heterocycles. The molecule has 7 heteroatoms. The van der Waals surface area contributed by atoms with E-state index in [1.165, 1.54) is 5.56 Å².